The number of aromatic amines is 1. The maximum Gasteiger partial charge on any atom is 0.335 e. The van der Waals surface area contributed by atoms with Crippen LogP contribution in [0.15, 0.2) is 30.3 Å². The molecule has 0 radical (unpaired) electrons. The van der Waals surface area contributed by atoms with Gasteiger partial charge in [0.15, 0.2) is 17.6 Å². The third-order valence-corrected chi connectivity index (χ3v) is 8.38. The predicted octanol–water partition coefficient (Wildman–Crippen LogP) is 2.49. The second-order valence-corrected chi connectivity index (χ2v) is 9.55. The number of aromatic carboxylic acids is 1. The molecule has 1 fully saturated rings. The first-order valence-corrected chi connectivity index (χ1v) is 10.7. The Morgan fingerprint density at radius 2 is 2.13 bits per heavy atom. The van der Waals surface area contributed by atoms with Crippen molar-refractivity contribution in [2.45, 2.75) is 42.4 Å². The van der Waals surface area contributed by atoms with Crippen molar-refractivity contribution >= 4 is 16.9 Å². The van der Waals surface area contributed by atoms with Crippen LogP contribution in [0.2, 0.25) is 0 Å². The van der Waals surface area contributed by atoms with Crippen molar-refractivity contribution in [1.82, 2.24) is 9.88 Å². The number of carbonyl (C=O) groups is 1. The molecule has 2 aliphatic heterocycles. The van der Waals surface area contributed by atoms with Crippen molar-refractivity contribution in [1.29, 1.82) is 0 Å². The molecular formula is C24H22N2O5. The number of piperidine rings is 1. The number of nitrogens with one attached hydrogen (secondary N) is 1. The van der Waals surface area contributed by atoms with E-state index >= 15 is 0 Å². The quantitative estimate of drug-likeness (QED) is 0.484. The Labute approximate surface area is 177 Å². The zero-order chi connectivity index (χ0) is 21.3. The molecule has 2 aliphatic carbocycles. The fourth-order valence-electron chi connectivity index (χ4n) is 7.03. The molecule has 0 amide bonds. The number of benzene rings is 2. The van der Waals surface area contributed by atoms with Gasteiger partial charge in [-0.1, -0.05) is 6.07 Å². The monoisotopic (exact) mass is 418 g/mol. The van der Waals surface area contributed by atoms with Gasteiger partial charge in [-0.25, -0.2) is 4.79 Å². The molecule has 158 valence electrons. The average Bonchev–Trinajstić information content (AvgIpc) is 3.27. The summed E-state index contributed by atoms with van der Waals surface area (Å²) in [4.78, 5) is 17.3. The van der Waals surface area contributed by atoms with Crippen LogP contribution in [0.25, 0.3) is 10.9 Å². The summed E-state index contributed by atoms with van der Waals surface area (Å²) in [5, 5.41) is 33.4. The summed E-state index contributed by atoms with van der Waals surface area (Å²) in [6.07, 6.45) is 1.36. The van der Waals surface area contributed by atoms with E-state index in [0.29, 0.717) is 18.6 Å². The van der Waals surface area contributed by atoms with Crippen LogP contribution in [-0.4, -0.2) is 56.4 Å². The van der Waals surface area contributed by atoms with E-state index in [1.54, 1.807) is 24.3 Å². The molecule has 7 heteroatoms. The number of likely N-dealkylation sites (N-methyl/N-ethyl adjacent to an activating group) is 1. The van der Waals surface area contributed by atoms with Crippen LogP contribution < -0.4 is 4.74 Å². The van der Waals surface area contributed by atoms with Crippen molar-refractivity contribution in [3.05, 3.63) is 58.3 Å². The van der Waals surface area contributed by atoms with Crippen molar-refractivity contribution in [2.75, 3.05) is 13.6 Å². The normalized spacial score (nSPS) is 32.5. The first-order chi connectivity index (χ1) is 14.8. The molecule has 31 heavy (non-hydrogen) atoms. The van der Waals surface area contributed by atoms with Crippen LogP contribution in [0.5, 0.6) is 11.5 Å². The number of fused-ring (bicyclic) bond motifs is 4. The van der Waals surface area contributed by atoms with Crippen LogP contribution in [-0.2, 0) is 18.3 Å². The van der Waals surface area contributed by atoms with Gasteiger partial charge in [0.2, 0.25) is 0 Å². The molecule has 1 saturated heterocycles. The summed E-state index contributed by atoms with van der Waals surface area (Å²) in [5.41, 5.74) is 3.21. The molecule has 4 N–H and O–H groups in total. The van der Waals surface area contributed by atoms with E-state index in [4.69, 9.17) is 4.74 Å². The van der Waals surface area contributed by atoms with E-state index in [2.05, 4.69) is 16.9 Å². The smallest absolute Gasteiger partial charge is 0.335 e. The number of carboxylic acids is 1. The molecular weight excluding hydrogens is 396 g/mol. The Morgan fingerprint density at radius 1 is 1.29 bits per heavy atom. The molecule has 4 atom stereocenters. The summed E-state index contributed by atoms with van der Waals surface area (Å²) in [7, 11) is 2.06. The third-order valence-electron chi connectivity index (χ3n) is 8.38. The van der Waals surface area contributed by atoms with Crippen LogP contribution >= 0.6 is 0 Å². The number of likely N-dealkylation sites (tertiary alicyclic amines) is 1. The topological polar surface area (TPSA) is 106 Å². The second kappa shape index (κ2) is 5.23. The number of H-pyrrole nitrogens is 1. The standard InChI is InChI=1S/C24H22N2O5/c1-26-7-6-23-18-11-3-5-16(27)20(18)31-21(23)19-14(10-24(23,30)17(26)9-11)13-8-12(22(28)29)2-4-15(13)25-19/h2-5,8,17,21,25,27,30H,6-7,9-10H2,1H3,(H,28,29). The number of phenols is 1. The van der Waals surface area contributed by atoms with E-state index in [-0.39, 0.29) is 17.4 Å². The summed E-state index contributed by atoms with van der Waals surface area (Å²) >= 11 is 0. The number of aromatic hydroxyl groups is 1. The molecule has 4 unspecified atom stereocenters. The number of aliphatic hydroxyl groups is 1. The maximum absolute atomic E-state index is 12.4. The Hall–Kier alpha value is -3.03. The molecule has 0 saturated carbocycles. The summed E-state index contributed by atoms with van der Waals surface area (Å²) in [5.74, 6) is -0.383. The summed E-state index contributed by atoms with van der Waals surface area (Å²) < 4.78 is 6.47. The summed E-state index contributed by atoms with van der Waals surface area (Å²) in [6, 6.07) is 8.62. The van der Waals surface area contributed by atoms with Crippen LogP contribution in [0, 0.1) is 0 Å². The van der Waals surface area contributed by atoms with Gasteiger partial charge in [-0.05, 0) is 61.8 Å². The highest BCUT2D eigenvalue weighted by molar-refractivity contribution is 5.95. The van der Waals surface area contributed by atoms with Gasteiger partial charge >= 0.3 is 5.97 Å². The first-order valence-electron chi connectivity index (χ1n) is 10.7. The van der Waals surface area contributed by atoms with E-state index in [1.165, 1.54) is 0 Å². The van der Waals surface area contributed by atoms with E-state index < -0.39 is 23.1 Å². The summed E-state index contributed by atoms with van der Waals surface area (Å²) in [6.45, 7) is 0.833. The van der Waals surface area contributed by atoms with Gasteiger partial charge in [-0.3, -0.25) is 0 Å². The lowest BCUT2D eigenvalue weighted by Gasteiger charge is -2.62. The Bertz CT molecular complexity index is 1330. The van der Waals surface area contributed by atoms with Gasteiger partial charge in [0, 0.05) is 28.9 Å². The van der Waals surface area contributed by atoms with E-state index in [1.807, 2.05) is 6.07 Å². The highest BCUT2D eigenvalue weighted by Crippen LogP contribution is 2.68. The highest BCUT2D eigenvalue weighted by Gasteiger charge is 2.72. The van der Waals surface area contributed by atoms with Crippen molar-refractivity contribution in [3.63, 3.8) is 0 Å². The van der Waals surface area contributed by atoms with Gasteiger partial charge in [0.05, 0.1) is 22.3 Å². The Morgan fingerprint density at radius 3 is 2.94 bits per heavy atom. The molecule has 2 aromatic carbocycles. The molecule has 3 aromatic rings. The van der Waals surface area contributed by atoms with Gasteiger partial charge in [-0.15, -0.1) is 0 Å². The highest BCUT2D eigenvalue weighted by atomic mass is 16.5. The maximum atomic E-state index is 12.4. The lowest BCUT2D eigenvalue weighted by Crippen LogP contribution is -2.73. The Balaban J connectivity index is 1.57. The van der Waals surface area contributed by atoms with Crippen LogP contribution in [0.3, 0.4) is 0 Å². The molecule has 2 bridgehead atoms. The number of hydrogen-bond donors (Lipinski definition) is 4. The van der Waals surface area contributed by atoms with E-state index in [9.17, 15) is 20.1 Å². The fraction of sp³-hybridized carbons (Fsp3) is 0.375. The minimum absolute atomic E-state index is 0.0869. The number of carboxylic acid groups (broad SMARTS) is 1. The van der Waals surface area contributed by atoms with Gasteiger partial charge < -0.3 is 29.9 Å². The number of nitrogens with zero attached hydrogens (tertiary/aromatic N) is 1. The fourth-order valence-corrected chi connectivity index (χ4v) is 7.03. The number of ether oxygens (including phenoxy) is 1. The minimum atomic E-state index is -1.09. The van der Waals surface area contributed by atoms with Gasteiger partial charge in [-0.2, -0.15) is 0 Å². The molecule has 3 heterocycles. The molecule has 1 spiro atoms. The number of rotatable bonds is 1. The van der Waals surface area contributed by atoms with E-state index in [0.717, 1.165) is 46.3 Å². The van der Waals surface area contributed by atoms with Gasteiger partial charge in [0.1, 0.15) is 0 Å². The van der Waals surface area contributed by atoms with Crippen molar-refractivity contribution in [2.24, 2.45) is 0 Å². The number of hydrogen-bond acceptors (Lipinski definition) is 5. The molecule has 7 rings (SSSR count). The zero-order valence-corrected chi connectivity index (χ0v) is 17.0. The third kappa shape index (κ3) is 1.79. The molecule has 4 aliphatic rings. The van der Waals surface area contributed by atoms with Crippen LogP contribution in [0.4, 0.5) is 0 Å². The second-order valence-electron chi connectivity index (χ2n) is 9.55. The lowest BCUT2D eigenvalue weighted by molar-refractivity contribution is -0.167. The largest absolute Gasteiger partial charge is 0.504 e. The predicted molar refractivity (Wildman–Crippen MR) is 112 cm³/mol. The van der Waals surface area contributed by atoms with Crippen molar-refractivity contribution < 1.29 is 24.9 Å². The van der Waals surface area contributed by atoms with Crippen LogP contribution in [0.1, 0.15) is 45.3 Å². The number of phenolic OH excluding ortho intramolecular Hbond substituents is 1. The van der Waals surface area contributed by atoms with Gasteiger partial charge in [0.25, 0.3) is 0 Å². The number of aromatic nitrogens is 1. The average molecular weight is 418 g/mol. The zero-order valence-electron chi connectivity index (χ0n) is 17.0. The first kappa shape index (κ1) is 17.6. The Kier molecular flexibility index (Phi) is 2.97. The molecule has 1 aromatic heterocycles. The molecule has 7 nitrogen and oxygen atoms in total. The SMILES string of the molecule is CN1CCC23c4c5ccc(O)c4OC2c2[nH]c4ccc(C(=O)O)cc4c2CC3(O)C1C5. The minimum Gasteiger partial charge on any atom is -0.504 e. The lowest BCUT2D eigenvalue weighted by atomic mass is 9.49. The van der Waals surface area contributed by atoms with Crippen molar-refractivity contribution in [3.8, 4) is 11.5 Å².